The van der Waals surface area contributed by atoms with E-state index in [4.69, 9.17) is 10.1 Å². The molecule has 0 bridgehead atoms. The number of aromatic nitrogens is 2. The fraction of sp³-hybridized carbons (Fsp3) is 0.292. The number of nitrogens with one attached hydrogen (secondary N) is 3. The molecule has 1 aliphatic heterocycles. The zero-order valence-corrected chi connectivity index (χ0v) is 19.2. The van der Waals surface area contributed by atoms with Gasteiger partial charge in [0.25, 0.3) is 11.8 Å². The summed E-state index contributed by atoms with van der Waals surface area (Å²) in [6, 6.07) is 5.39. The van der Waals surface area contributed by atoms with Gasteiger partial charge in [-0.25, -0.2) is 0 Å². The zero-order chi connectivity index (χ0) is 24.6. The minimum absolute atomic E-state index is 0.0662. The number of nitrogens with zero attached hydrogens (tertiary/aromatic N) is 2. The molecule has 4 heterocycles. The van der Waals surface area contributed by atoms with Gasteiger partial charge in [0, 0.05) is 43.3 Å². The Kier molecular flexibility index (Phi) is 6.03. The lowest BCUT2D eigenvalue weighted by atomic mass is 9.94. The lowest BCUT2D eigenvalue weighted by Gasteiger charge is -2.45. The van der Waals surface area contributed by atoms with Crippen molar-refractivity contribution in [3.8, 4) is 5.75 Å². The topological polar surface area (TPSA) is 143 Å². The fourth-order valence-electron chi connectivity index (χ4n) is 4.19. The summed E-state index contributed by atoms with van der Waals surface area (Å²) in [5.41, 5.74) is 2.50. The summed E-state index contributed by atoms with van der Waals surface area (Å²) in [4.78, 5) is 29.6. The number of ether oxygens (including phenoxy) is 1. The van der Waals surface area contributed by atoms with Crippen molar-refractivity contribution in [2.45, 2.75) is 19.4 Å². The van der Waals surface area contributed by atoms with Crippen LogP contribution in [-0.4, -0.2) is 74.9 Å². The molecular formula is C24H27N5O5. The maximum Gasteiger partial charge on any atom is 0.268 e. The van der Waals surface area contributed by atoms with E-state index in [1.165, 1.54) is 11.0 Å². The second-order valence-corrected chi connectivity index (χ2v) is 8.46. The Morgan fingerprint density at radius 3 is 2.71 bits per heavy atom. The van der Waals surface area contributed by atoms with E-state index < -0.39 is 12.2 Å². The number of β-amino-alcohol motifs (C(OH)–C–C–N with tert-alkyl or cyclic N) is 1. The smallest absolute Gasteiger partial charge is 0.268 e. The minimum Gasteiger partial charge on any atom is -0.455 e. The molecule has 2 amide bonds. The van der Waals surface area contributed by atoms with Gasteiger partial charge in [0.2, 0.25) is 0 Å². The molecule has 0 aliphatic carbocycles. The monoisotopic (exact) mass is 465 g/mol. The van der Waals surface area contributed by atoms with E-state index in [0.717, 1.165) is 17.3 Å². The summed E-state index contributed by atoms with van der Waals surface area (Å²) in [6.45, 7) is 3.37. The van der Waals surface area contributed by atoms with Gasteiger partial charge in [0.05, 0.1) is 31.0 Å². The third kappa shape index (κ3) is 3.97. The number of likely N-dealkylation sites (tertiary alicyclic amines) is 1. The summed E-state index contributed by atoms with van der Waals surface area (Å²) in [6.07, 6.45) is 5.88. The molecule has 4 rings (SSSR count). The third-order valence-electron chi connectivity index (χ3n) is 6.01. The molecule has 10 nitrogen and oxygen atoms in total. The molecule has 3 aromatic rings. The lowest BCUT2D eigenvalue weighted by molar-refractivity contribution is -0.109. The first kappa shape index (κ1) is 23.3. The van der Waals surface area contributed by atoms with Crippen LogP contribution in [-0.2, 0) is 0 Å². The quantitative estimate of drug-likeness (QED) is 0.265. The number of carbonyl (C=O) groups excluding carboxylic acids is 2. The van der Waals surface area contributed by atoms with Crippen LogP contribution >= 0.6 is 0 Å². The number of carbonyl (C=O) groups is 2. The van der Waals surface area contributed by atoms with Crippen LogP contribution in [0.1, 0.15) is 37.7 Å². The van der Waals surface area contributed by atoms with Crippen LogP contribution < -0.4 is 10.1 Å². The predicted molar refractivity (Wildman–Crippen MR) is 126 cm³/mol. The second kappa shape index (κ2) is 8.81. The molecule has 34 heavy (non-hydrogen) atoms. The highest BCUT2D eigenvalue weighted by molar-refractivity contribution is 5.98. The SMILES string of the molecule is CNC(=O)c1c(C)cc2cc(O/C(=C/C=N)c3[nH]cc(C(=O)N4CC(O)(CO)C4)c3C)ccn12. The molecule has 5 N–H and O–H groups in total. The summed E-state index contributed by atoms with van der Waals surface area (Å²) in [5, 5.41) is 29.4. The Bertz CT molecular complexity index is 1310. The number of pyridine rings is 1. The number of aliphatic hydroxyl groups excluding tert-OH is 1. The highest BCUT2D eigenvalue weighted by Gasteiger charge is 2.43. The maximum atomic E-state index is 12.8. The molecule has 178 valence electrons. The molecule has 1 saturated heterocycles. The van der Waals surface area contributed by atoms with Crippen LogP contribution in [0.4, 0.5) is 0 Å². The largest absolute Gasteiger partial charge is 0.455 e. The molecular weight excluding hydrogens is 438 g/mol. The number of hydrogen-bond donors (Lipinski definition) is 5. The van der Waals surface area contributed by atoms with Crippen LogP contribution in [0.2, 0.25) is 0 Å². The average molecular weight is 466 g/mol. The van der Waals surface area contributed by atoms with Crippen molar-refractivity contribution in [3.05, 3.63) is 64.7 Å². The Hall–Kier alpha value is -3.89. The van der Waals surface area contributed by atoms with Crippen molar-refractivity contribution in [1.82, 2.24) is 19.6 Å². The van der Waals surface area contributed by atoms with Crippen LogP contribution in [0.5, 0.6) is 5.75 Å². The normalized spacial score (nSPS) is 15.2. The number of hydrogen-bond acceptors (Lipinski definition) is 6. The third-order valence-corrected chi connectivity index (χ3v) is 6.01. The Balaban J connectivity index is 1.60. The maximum absolute atomic E-state index is 12.8. The molecule has 1 fully saturated rings. The molecule has 0 unspecified atom stereocenters. The molecule has 0 saturated carbocycles. The minimum atomic E-state index is -1.25. The number of amides is 2. The molecule has 0 radical (unpaired) electrons. The molecule has 0 atom stereocenters. The average Bonchev–Trinajstić information content (AvgIpc) is 3.34. The van der Waals surface area contributed by atoms with Gasteiger partial charge < -0.3 is 40.0 Å². The van der Waals surface area contributed by atoms with Gasteiger partial charge in [0.15, 0.2) is 5.76 Å². The number of aryl methyl sites for hydroxylation is 1. The van der Waals surface area contributed by atoms with E-state index in [2.05, 4.69) is 10.3 Å². The number of H-pyrrole nitrogens is 1. The van der Waals surface area contributed by atoms with Crippen LogP contribution in [0.25, 0.3) is 11.3 Å². The van der Waals surface area contributed by atoms with Gasteiger partial charge in [-0.1, -0.05) is 0 Å². The van der Waals surface area contributed by atoms with Crippen LogP contribution in [0, 0.1) is 19.3 Å². The first-order valence-electron chi connectivity index (χ1n) is 10.7. The fourth-order valence-corrected chi connectivity index (χ4v) is 4.19. The number of aliphatic hydroxyl groups is 2. The molecule has 3 aromatic heterocycles. The van der Waals surface area contributed by atoms with Crippen molar-refractivity contribution >= 4 is 29.3 Å². The van der Waals surface area contributed by atoms with Crippen molar-refractivity contribution in [1.29, 1.82) is 5.41 Å². The standard InChI is InChI=1S/C24H27N5O5/c1-14-8-16-9-17(5-7-29(16)21(14)22(31)26-3)34-19(4-6-25)20-15(2)18(10-27-20)23(32)28-11-24(33,12-28)13-30/h4-10,25,27,30,33H,11-13H2,1-3H3,(H,26,31)/b19-4+,25-6?. The lowest BCUT2D eigenvalue weighted by Crippen LogP contribution is -2.65. The van der Waals surface area contributed by atoms with E-state index in [-0.39, 0.29) is 24.9 Å². The van der Waals surface area contributed by atoms with E-state index in [1.54, 1.807) is 42.9 Å². The predicted octanol–water partition coefficient (Wildman–Crippen LogP) is 1.49. The number of rotatable bonds is 7. The highest BCUT2D eigenvalue weighted by Crippen LogP contribution is 2.29. The summed E-state index contributed by atoms with van der Waals surface area (Å²) < 4.78 is 7.85. The Morgan fingerprint density at radius 1 is 1.32 bits per heavy atom. The molecule has 1 aliphatic rings. The highest BCUT2D eigenvalue weighted by atomic mass is 16.5. The number of fused-ring (bicyclic) bond motifs is 1. The van der Waals surface area contributed by atoms with E-state index in [0.29, 0.717) is 34.0 Å². The van der Waals surface area contributed by atoms with Crippen molar-refractivity contribution in [3.63, 3.8) is 0 Å². The Morgan fingerprint density at radius 2 is 2.06 bits per heavy atom. The van der Waals surface area contributed by atoms with Crippen molar-refractivity contribution in [2.75, 3.05) is 26.7 Å². The first-order chi connectivity index (χ1) is 16.2. The van der Waals surface area contributed by atoms with Gasteiger partial charge in [0.1, 0.15) is 17.0 Å². The molecule has 10 heteroatoms. The van der Waals surface area contributed by atoms with Crippen LogP contribution in [0.3, 0.4) is 0 Å². The first-order valence-corrected chi connectivity index (χ1v) is 10.7. The Labute approximate surface area is 196 Å². The summed E-state index contributed by atoms with van der Waals surface area (Å²) in [5.74, 6) is 0.397. The van der Waals surface area contributed by atoms with Gasteiger partial charge >= 0.3 is 0 Å². The van der Waals surface area contributed by atoms with Crippen LogP contribution in [0.15, 0.2) is 36.7 Å². The second-order valence-electron chi connectivity index (χ2n) is 8.46. The summed E-state index contributed by atoms with van der Waals surface area (Å²) >= 11 is 0. The van der Waals surface area contributed by atoms with E-state index >= 15 is 0 Å². The molecule has 0 aromatic carbocycles. The van der Waals surface area contributed by atoms with Gasteiger partial charge in [-0.2, -0.15) is 0 Å². The zero-order valence-electron chi connectivity index (χ0n) is 19.2. The van der Waals surface area contributed by atoms with E-state index in [1.807, 2.05) is 13.0 Å². The number of aromatic amines is 1. The van der Waals surface area contributed by atoms with Gasteiger partial charge in [-0.05, 0) is 37.1 Å². The van der Waals surface area contributed by atoms with Gasteiger partial charge in [-0.3, -0.25) is 9.59 Å². The van der Waals surface area contributed by atoms with Crippen molar-refractivity contribution < 1.29 is 24.5 Å². The van der Waals surface area contributed by atoms with Gasteiger partial charge in [-0.15, -0.1) is 0 Å². The molecule has 0 spiro atoms. The van der Waals surface area contributed by atoms with E-state index in [9.17, 15) is 19.8 Å². The van der Waals surface area contributed by atoms with Crippen molar-refractivity contribution in [2.24, 2.45) is 0 Å². The summed E-state index contributed by atoms with van der Waals surface area (Å²) in [7, 11) is 1.58. The number of allylic oxidation sites excluding steroid dienone is 1.